The molecule has 34 heavy (non-hydrogen) atoms. The summed E-state index contributed by atoms with van der Waals surface area (Å²) in [6.07, 6.45) is 3.37. The van der Waals surface area contributed by atoms with Crippen LogP contribution in [0.25, 0.3) is 11.6 Å². The number of ketones is 1. The number of benzene rings is 1. The molecule has 1 amide bonds. The fourth-order valence-corrected chi connectivity index (χ4v) is 3.53. The molecule has 0 atom stereocenters. The normalized spacial score (nSPS) is 11.4. The Bertz CT molecular complexity index is 1320. The van der Waals surface area contributed by atoms with Crippen LogP contribution >= 0.6 is 11.6 Å². The average Bonchev–Trinajstić information content (AvgIpc) is 3.47. The quantitative estimate of drug-likeness (QED) is 0.400. The summed E-state index contributed by atoms with van der Waals surface area (Å²) in [6, 6.07) is 12.0. The molecule has 0 aliphatic carbocycles. The van der Waals surface area contributed by atoms with Crippen molar-refractivity contribution < 1.29 is 14.0 Å². The Morgan fingerprint density at radius 3 is 2.65 bits per heavy atom. The topological polar surface area (TPSA) is 116 Å². The van der Waals surface area contributed by atoms with Gasteiger partial charge in [-0.25, -0.2) is 0 Å². The molecule has 0 aliphatic rings. The Morgan fingerprint density at radius 1 is 1.12 bits per heavy atom. The van der Waals surface area contributed by atoms with Gasteiger partial charge in [-0.2, -0.15) is 5.10 Å². The zero-order chi connectivity index (χ0) is 24.3. The molecule has 4 aromatic rings. The van der Waals surface area contributed by atoms with Crippen molar-refractivity contribution in [2.24, 2.45) is 0 Å². The van der Waals surface area contributed by atoms with Crippen LogP contribution in [0.2, 0.25) is 5.02 Å². The van der Waals surface area contributed by atoms with E-state index in [4.69, 9.17) is 16.0 Å². The number of rotatable bonds is 7. The summed E-state index contributed by atoms with van der Waals surface area (Å²) >= 11 is 6.05. The minimum Gasteiger partial charge on any atom is -0.419 e. The molecule has 0 radical (unpaired) electrons. The van der Waals surface area contributed by atoms with Crippen LogP contribution in [0.4, 0.5) is 0 Å². The molecule has 0 saturated carbocycles. The van der Waals surface area contributed by atoms with Gasteiger partial charge < -0.3 is 9.73 Å². The van der Waals surface area contributed by atoms with E-state index < -0.39 is 11.4 Å². The number of nitrogens with one attached hydrogen (secondary N) is 1. The molecule has 3 aromatic heterocycles. The number of carbonyl (C=O) groups is 2. The molecule has 0 unspecified atom stereocenters. The number of aromatic nitrogens is 5. The summed E-state index contributed by atoms with van der Waals surface area (Å²) in [6.45, 7) is 5.94. The lowest BCUT2D eigenvalue weighted by Crippen LogP contribution is -2.34. The monoisotopic (exact) mass is 478 g/mol. The van der Waals surface area contributed by atoms with E-state index in [2.05, 4.69) is 25.6 Å². The van der Waals surface area contributed by atoms with Gasteiger partial charge >= 0.3 is 0 Å². The van der Waals surface area contributed by atoms with Crippen LogP contribution in [0.1, 0.15) is 53.1 Å². The lowest BCUT2D eigenvalue weighted by atomic mass is 10.0. The van der Waals surface area contributed by atoms with Gasteiger partial charge in [0, 0.05) is 29.7 Å². The summed E-state index contributed by atoms with van der Waals surface area (Å²) < 4.78 is 7.18. The average molecular weight is 479 g/mol. The second kappa shape index (κ2) is 9.56. The number of pyridine rings is 1. The Hall–Kier alpha value is -3.85. The number of halogens is 1. The Kier molecular flexibility index (Phi) is 6.56. The van der Waals surface area contributed by atoms with E-state index in [9.17, 15) is 9.59 Å². The molecule has 3 heterocycles. The van der Waals surface area contributed by atoms with Crippen molar-refractivity contribution in [1.82, 2.24) is 30.3 Å². The fraction of sp³-hybridized carbons (Fsp3) is 0.250. The number of hydrogen-bond donors (Lipinski definition) is 1. The standard InChI is InChI=1S/C24H23ClN6O3/c1-24(2,3)31-20(17(14-28-31)21(32)15-7-6-8-16(25)13-15)22(33)27-12-10-19-29-30-23(34-19)18-9-4-5-11-26-18/h4-9,11,13-14H,10,12H2,1-3H3,(H,27,33). The van der Waals surface area contributed by atoms with Crippen molar-refractivity contribution in [3.05, 3.63) is 82.6 Å². The van der Waals surface area contributed by atoms with Gasteiger partial charge in [0.1, 0.15) is 11.4 Å². The van der Waals surface area contributed by atoms with Crippen molar-refractivity contribution in [2.45, 2.75) is 32.7 Å². The summed E-state index contributed by atoms with van der Waals surface area (Å²) in [5.74, 6) is -0.0926. The van der Waals surface area contributed by atoms with Gasteiger partial charge in [-0.1, -0.05) is 29.8 Å². The number of hydrogen-bond acceptors (Lipinski definition) is 7. The minimum absolute atomic E-state index is 0.178. The zero-order valence-electron chi connectivity index (χ0n) is 18.9. The molecule has 174 valence electrons. The van der Waals surface area contributed by atoms with Crippen LogP contribution in [0.15, 0.2) is 59.3 Å². The SMILES string of the molecule is CC(C)(C)n1ncc(C(=O)c2cccc(Cl)c2)c1C(=O)NCCc1nnc(-c2ccccn2)o1. The second-order valence-corrected chi connectivity index (χ2v) is 8.99. The first kappa shape index (κ1) is 23.3. The van der Waals surface area contributed by atoms with Gasteiger partial charge in [-0.05, 0) is 45.0 Å². The summed E-state index contributed by atoms with van der Waals surface area (Å²) in [5, 5.41) is 15.6. The predicted molar refractivity (Wildman–Crippen MR) is 126 cm³/mol. The Labute approximate surface area is 201 Å². The van der Waals surface area contributed by atoms with Crippen LogP contribution < -0.4 is 5.32 Å². The molecule has 0 fully saturated rings. The Balaban J connectivity index is 1.51. The van der Waals surface area contributed by atoms with E-state index in [0.717, 1.165) is 0 Å². The van der Waals surface area contributed by atoms with Crippen LogP contribution in [-0.2, 0) is 12.0 Å². The van der Waals surface area contributed by atoms with Crippen LogP contribution in [0, 0.1) is 0 Å². The third-order valence-electron chi connectivity index (χ3n) is 4.93. The summed E-state index contributed by atoms with van der Waals surface area (Å²) in [4.78, 5) is 30.5. The maximum Gasteiger partial charge on any atom is 0.270 e. The lowest BCUT2D eigenvalue weighted by molar-refractivity contribution is 0.0924. The molecule has 0 bridgehead atoms. The molecule has 9 nitrogen and oxygen atoms in total. The molecule has 0 saturated heterocycles. The summed E-state index contributed by atoms with van der Waals surface area (Å²) in [7, 11) is 0. The molecular weight excluding hydrogens is 456 g/mol. The van der Waals surface area contributed by atoms with Crippen LogP contribution in [0.5, 0.6) is 0 Å². The van der Waals surface area contributed by atoms with E-state index in [1.54, 1.807) is 47.3 Å². The van der Waals surface area contributed by atoms with Crippen LogP contribution in [0.3, 0.4) is 0 Å². The maximum absolute atomic E-state index is 13.2. The lowest BCUT2D eigenvalue weighted by Gasteiger charge is -2.22. The van der Waals surface area contributed by atoms with E-state index in [1.807, 2.05) is 26.8 Å². The zero-order valence-corrected chi connectivity index (χ0v) is 19.7. The second-order valence-electron chi connectivity index (χ2n) is 8.55. The molecule has 4 rings (SSSR count). The van der Waals surface area contributed by atoms with Crippen molar-refractivity contribution >= 4 is 23.3 Å². The molecular formula is C24H23ClN6O3. The van der Waals surface area contributed by atoms with Gasteiger partial charge in [0.25, 0.3) is 11.8 Å². The van der Waals surface area contributed by atoms with E-state index in [-0.39, 0.29) is 23.6 Å². The minimum atomic E-state index is -0.524. The maximum atomic E-state index is 13.2. The smallest absolute Gasteiger partial charge is 0.270 e. The first-order chi connectivity index (χ1) is 16.2. The van der Waals surface area contributed by atoms with E-state index in [0.29, 0.717) is 34.5 Å². The molecule has 1 N–H and O–H groups in total. The molecule has 0 aliphatic heterocycles. The highest BCUT2D eigenvalue weighted by atomic mass is 35.5. The first-order valence-electron chi connectivity index (χ1n) is 10.6. The van der Waals surface area contributed by atoms with Gasteiger partial charge in [0.15, 0.2) is 5.78 Å². The molecule has 1 aromatic carbocycles. The predicted octanol–water partition coefficient (Wildman–Crippen LogP) is 3.94. The van der Waals surface area contributed by atoms with Gasteiger partial charge in [0.2, 0.25) is 5.89 Å². The van der Waals surface area contributed by atoms with Gasteiger partial charge in [0.05, 0.1) is 17.3 Å². The van der Waals surface area contributed by atoms with E-state index >= 15 is 0 Å². The third kappa shape index (κ3) is 5.04. The number of nitrogens with zero attached hydrogens (tertiary/aromatic N) is 5. The van der Waals surface area contributed by atoms with Crippen molar-refractivity contribution in [1.29, 1.82) is 0 Å². The number of carbonyl (C=O) groups excluding carboxylic acids is 2. The van der Waals surface area contributed by atoms with Gasteiger partial charge in [-0.3, -0.25) is 19.3 Å². The van der Waals surface area contributed by atoms with Crippen molar-refractivity contribution in [3.8, 4) is 11.6 Å². The summed E-state index contributed by atoms with van der Waals surface area (Å²) in [5.41, 5.74) is 0.803. The number of amides is 1. The molecule has 10 heteroatoms. The van der Waals surface area contributed by atoms with Gasteiger partial charge in [-0.15, -0.1) is 10.2 Å². The third-order valence-corrected chi connectivity index (χ3v) is 5.16. The fourth-order valence-electron chi connectivity index (χ4n) is 3.34. The first-order valence-corrected chi connectivity index (χ1v) is 11.0. The highest BCUT2D eigenvalue weighted by Crippen LogP contribution is 2.23. The highest BCUT2D eigenvalue weighted by Gasteiger charge is 2.29. The molecule has 0 spiro atoms. The van der Waals surface area contributed by atoms with Crippen molar-refractivity contribution in [2.75, 3.05) is 6.54 Å². The Morgan fingerprint density at radius 2 is 1.94 bits per heavy atom. The largest absolute Gasteiger partial charge is 0.419 e. The van der Waals surface area contributed by atoms with Crippen LogP contribution in [-0.4, -0.2) is 43.2 Å². The van der Waals surface area contributed by atoms with E-state index in [1.165, 1.54) is 6.20 Å². The highest BCUT2D eigenvalue weighted by molar-refractivity contribution is 6.31. The van der Waals surface area contributed by atoms with Crippen molar-refractivity contribution in [3.63, 3.8) is 0 Å².